The summed E-state index contributed by atoms with van der Waals surface area (Å²) in [7, 11) is 0. The lowest BCUT2D eigenvalue weighted by atomic mass is 10.2. The highest BCUT2D eigenvalue weighted by atomic mass is 16.5. The van der Waals surface area contributed by atoms with Gasteiger partial charge in [-0.25, -0.2) is 9.67 Å². The van der Waals surface area contributed by atoms with E-state index in [0.717, 1.165) is 35.5 Å². The second-order valence-electron chi connectivity index (χ2n) is 7.83. The van der Waals surface area contributed by atoms with Gasteiger partial charge in [0.05, 0.1) is 19.3 Å². The summed E-state index contributed by atoms with van der Waals surface area (Å²) in [6, 6.07) is 17.3. The van der Waals surface area contributed by atoms with Crippen molar-refractivity contribution in [1.82, 2.24) is 25.3 Å². The van der Waals surface area contributed by atoms with Crippen LogP contribution in [-0.4, -0.2) is 25.9 Å². The SMILES string of the molecule is O=C(NCc1cn(Cc2cccc(OC3=CCCC=C3)c2)nn1)c1coc(-c2ccccc2)n1. The highest BCUT2D eigenvalue weighted by Crippen LogP contribution is 2.20. The molecule has 34 heavy (non-hydrogen) atoms. The van der Waals surface area contributed by atoms with E-state index in [0.29, 0.717) is 18.1 Å². The van der Waals surface area contributed by atoms with Gasteiger partial charge in [-0.05, 0) is 54.8 Å². The Bertz CT molecular complexity index is 1340. The normalized spacial score (nSPS) is 12.9. The molecule has 1 aliphatic carbocycles. The fourth-order valence-corrected chi connectivity index (χ4v) is 3.55. The van der Waals surface area contributed by atoms with Gasteiger partial charge in [-0.3, -0.25) is 4.79 Å². The van der Waals surface area contributed by atoms with Crippen LogP contribution in [0, 0.1) is 0 Å². The minimum absolute atomic E-state index is 0.214. The number of aromatic nitrogens is 4. The van der Waals surface area contributed by atoms with Gasteiger partial charge in [0.2, 0.25) is 5.89 Å². The Hall–Kier alpha value is -4.46. The van der Waals surface area contributed by atoms with Crippen LogP contribution in [0.4, 0.5) is 0 Å². The van der Waals surface area contributed by atoms with Gasteiger partial charge < -0.3 is 14.5 Å². The van der Waals surface area contributed by atoms with Crippen molar-refractivity contribution < 1.29 is 13.9 Å². The third-order valence-electron chi connectivity index (χ3n) is 5.21. The molecule has 0 saturated carbocycles. The van der Waals surface area contributed by atoms with Crippen LogP contribution in [0.15, 0.2) is 95.5 Å². The molecule has 1 N–H and O–H groups in total. The van der Waals surface area contributed by atoms with Crippen molar-refractivity contribution in [3.63, 3.8) is 0 Å². The van der Waals surface area contributed by atoms with Crippen LogP contribution in [0.2, 0.25) is 0 Å². The van der Waals surface area contributed by atoms with E-state index >= 15 is 0 Å². The largest absolute Gasteiger partial charge is 0.458 e. The molecule has 1 aliphatic rings. The van der Waals surface area contributed by atoms with E-state index in [2.05, 4.69) is 32.8 Å². The fraction of sp³-hybridized carbons (Fsp3) is 0.154. The minimum atomic E-state index is -0.337. The fourth-order valence-electron chi connectivity index (χ4n) is 3.55. The number of allylic oxidation sites excluding steroid dienone is 3. The first kappa shape index (κ1) is 21.4. The molecule has 0 fully saturated rings. The van der Waals surface area contributed by atoms with Crippen molar-refractivity contribution in [3.8, 4) is 17.2 Å². The predicted octanol–water partition coefficient (Wildman–Crippen LogP) is 4.52. The molecule has 4 aromatic rings. The number of hydrogen-bond acceptors (Lipinski definition) is 6. The highest BCUT2D eigenvalue weighted by molar-refractivity contribution is 5.92. The van der Waals surface area contributed by atoms with E-state index in [1.54, 1.807) is 10.9 Å². The van der Waals surface area contributed by atoms with Crippen molar-refractivity contribution in [2.75, 3.05) is 0 Å². The zero-order valence-electron chi connectivity index (χ0n) is 18.4. The maximum Gasteiger partial charge on any atom is 0.273 e. The molecule has 5 rings (SSSR count). The van der Waals surface area contributed by atoms with Crippen LogP contribution in [0.5, 0.6) is 5.75 Å². The van der Waals surface area contributed by atoms with Gasteiger partial charge in [-0.2, -0.15) is 0 Å². The van der Waals surface area contributed by atoms with Crippen LogP contribution >= 0.6 is 0 Å². The summed E-state index contributed by atoms with van der Waals surface area (Å²) in [4.78, 5) is 16.7. The van der Waals surface area contributed by atoms with Gasteiger partial charge in [0, 0.05) is 5.56 Å². The molecule has 0 unspecified atom stereocenters. The number of hydrogen-bond donors (Lipinski definition) is 1. The van der Waals surface area contributed by atoms with Crippen LogP contribution in [-0.2, 0) is 13.1 Å². The molecule has 0 saturated heterocycles. The third-order valence-corrected chi connectivity index (χ3v) is 5.21. The highest BCUT2D eigenvalue weighted by Gasteiger charge is 2.14. The Labute approximate surface area is 196 Å². The summed E-state index contributed by atoms with van der Waals surface area (Å²) in [5, 5.41) is 11.1. The van der Waals surface area contributed by atoms with Crippen molar-refractivity contribution >= 4 is 5.91 Å². The van der Waals surface area contributed by atoms with Gasteiger partial charge in [-0.1, -0.05) is 41.6 Å². The van der Waals surface area contributed by atoms with E-state index in [1.165, 1.54) is 6.26 Å². The van der Waals surface area contributed by atoms with Crippen LogP contribution in [0.1, 0.15) is 34.6 Å². The lowest BCUT2D eigenvalue weighted by Crippen LogP contribution is -2.23. The van der Waals surface area contributed by atoms with Gasteiger partial charge >= 0.3 is 0 Å². The topological polar surface area (TPSA) is 95.1 Å². The third kappa shape index (κ3) is 5.29. The monoisotopic (exact) mass is 453 g/mol. The van der Waals surface area contributed by atoms with Gasteiger partial charge in [0.25, 0.3) is 5.91 Å². The van der Waals surface area contributed by atoms with Crippen LogP contribution < -0.4 is 10.1 Å². The molecule has 0 aliphatic heterocycles. The molecular weight excluding hydrogens is 430 g/mol. The lowest BCUT2D eigenvalue weighted by molar-refractivity contribution is 0.0945. The maximum absolute atomic E-state index is 12.4. The number of ether oxygens (including phenoxy) is 1. The molecular formula is C26H23N5O3. The van der Waals surface area contributed by atoms with Crippen molar-refractivity contribution in [2.45, 2.75) is 25.9 Å². The number of amides is 1. The molecule has 1 amide bonds. The Morgan fingerprint density at radius 3 is 2.88 bits per heavy atom. The number of carbonyl (C=O) groups excluding carboxylic acids is 1. The summed E-state index contributed by atoms with van der Waals surface area (Å²) < 4.78 is 13.1. The predicted molar refractivity (Wildman–Crippen MR) is 126 cm³/mol. The quantitative estimate of drug-likeness (QED) is 0.421. The average molecular weight is 454 g/mol. The van der Waals surface area contributed by atoms with E-state index in [1.807, 2.05) is 60.7 Å². The molecule has 170 valence electrons. The van der Waals surface area contributed by atoms with Crippen LogP contribution in [0.25, 0.3) is 11.5 Å². The second kappa shape index (κ2) is 9.99. The summed E-state index contributed by atoms with van der Waals surface area (Å²) in [6.45, 7) is 0.771. The maximum atomic E-state index is 12.4. The first-order valence-electron chi connectivity index (χ1n) is 11.0. The molecule has 0 spiro atoms. The molecule has 8 heteroatoms. The molecule has 2 aromatic carbocycles. The minimum Gasteiger partial charge on any atom is -0.458 e. The van der Waals surface area contributed by atoms with Crippen molar-refractivity contribution in [2.24, 2.45) is 0 Å². The second-order valence-corrected chi connectivity index (χ2v) is 7.83. The zero-order valence-corrected chi connectivity index (χ0v) is 18.4. The smallest absolute Gasteiger partial charge is 0.273 e. The first-order chi connectivity index (χ1) is 16.7. The van der Waals surface area contributed by atoms with Crippen LogP contribution in [0.3, 0.4) is 0 Å². The molecule has 0 radical (unpaired) electrons. The Balaban J connectivity index is 1.16. The summed E-state index contributed by atoms with van der Waals surface area (Å²) >= 11 is 0. The molecule has 0 atom stereocenters. The number of benzene rings is 2. The molecule has 8 nitrogen and oxygen atoms in total. The van der Waals surface area contributed by atoms with Gasteiger partial charge in [0.15, 0.2) is 5.69 Å². The number of nitrogens with zero attached hydrogens (tertiary/aromatic N) is 4. The van der Waals surface area contributed by atoms with E-state index in [9.17, 15) is 4.79 Å². The average Bonchev–Trinajstić information content (AvgIpc) is 3.54. The Morgan fingerprint density at radius 1 is 1.12 bits per heavy atom. The van der Waals surface area contributed by atoms with E-state index < -0.39 is 0 Å². The van der Waals surface area contributed by atoms with E-state index in [4.69, 9.17) is 9.15 Å². The van der Waals surface area contributed by atoms with E-state index in [-0.39, 0.29) is 18.1 Å². The number of nitrogens with one attached hydrogen (secondary N) is 1. The Kier molecular flexibility index (Phi) is 6.29. The summed E-state index contributed by atoms with van der Waals surface area (Å²) in [6.07, 6.45) is 11.4. The summed E-state index contributed by atoms with van der Waals surface area (Å²) in [5.74, 6) is 1.71. The Morgan fingerprint density at radius 2 is 2.03 bits per heavy atom. The zero-order chi connectivity index (χ0) is 23.2. The molecule has 2 aromatic heterocycles. The number of carbonyl (C=O) groups is 1. The van der Waals surface area contributed by atoms with Gasteiger partial charge in [0.1, 0.15) is 23.5 Å². The molecule has 2 heterocycles. The number of rotatable bonds is 8. The van der Waals surface area contributed by atoms with Crippen molar-refractivity contribution in [3.05, 3.63) is 108 Å². The standard InChI is InChI=1S/C26H23N5O3/c32-25(24-18-33-26(28-24)20-9-3-1-4-10-20)27-15-21-17-31(30-29-21)16-19-8-7-13-23(14-19)34-22-11-5-2-6-12-22/h1,3-5,7-14,17-18H,2,6,15-16H2,(H,27,32). The van der Waals surface area contributed by atoms with Crippen molar-refractivity contribution in [1.29, 1.82) is 0 Å². The first-order valence-corrected chi connectivity index (χ1v) is 11.0. The summed E-state index contributed by atoms with van der Waals surface area (Å²) in [5.41, 5.74) is 2.70. The van der Waals surface area contributed by atoms with Gasteiger partial charge in [-0.15, -0.1) is 5.10 Å². The number of oxazole rings is 1. The molecule has 0 bridgehead atoms. The lowest BCUT2D eigenvalue weighted by Gasteiger charge is -2.10.